The number of carbonyl (C=O) groups excluding carboxylic acids is 1. The molecule has 3 aromatic carbocycles. The molecule has 0 spiro atoms. The number of sulfonamides is 1. The molecular weight excluding hydrogens is 496 g/mol. The lowest BCUT2D eigenvalue weighted by atomic mass is 9.88. The highest BCUT2D eigenvalue weighted by molar-refractivity contribution is 7.92. The number of rotatable bonds is 6. The third-order valence-electron chi connectivity index (χ3n) is 6.93. The van der Waals surface area contributed by atoms with Crippen LogP contribution < -0.4 is 14.4 Å². The van der Waals surface area contributed by atoms with E-state index in [9.17, 15) is 13.2 Å². The Kier molecular flexibility index (Phi) is 6.95. The molecule has 0 aromatic heterocycles. The number of fused-ring (bicyclic) bond motifs is 2. The Morgan fingerprint density at radius 3 is 2.53 bits per heavy atom. The van der Waals surface area contributed by atoms with E-state index in [-0.39, 0.29) is 23.4 Å². The first-order valence-corrected chi connectivity index (χ1v) is 14.1. The number of amides is 1. The predicted octanol–water partition coefficient (Wildman–Crippen LogP) is 5.44. The number of benzene rings is 3. The first-order chi connectivity index (χ1) is 17.4. The maximum absolute atomic E-state index is 13.6. The minimum Gasteiger partial charge on any atom is -0.476 e. The fourth-order valence-electron chi connectivity index (χ4n) is 4.96. The molecule has 5 rings (SSSR count). The van der Waals surface area contributed by atoms with E-state index in [0.717, 1.165) is 18.4 Å². The minimum atomic E-state index is -3.94. The average molecular weight is 525 g/mol. The van der Waals surface area contributed by atoms with Gasteiger partial charge in [-0.2, -0.15) is 0 Å². The molecule has 0 fully saturated rings. The van der Waals surface area contributed by atoms with Gasteiger partial charge in [0.1, 0.15) is 5.75 Å². The van der Waals surface area contributed by atoms with Crippen molar-refractivity contribution in [3.05, 3.63) is 88.4 Å². The van der Waals surface area contributed by atoms with Crippen LogP contribution in [-0.2, 0) is 27.7 Å². The molecular formula is C28H29ClN2O4S. The molecule has 0 unspecified atom stereocenters. The second-order valence-corrected chi connectivity index (χ2v) is 11.6. The lowest BCUT2D eigenvalue weighted by Crippen LogP contribution is -2.51. The second-order valence-electron chi connectivity index (χ2n) is 9.27. The standard InChI is InChI=1S/C28H29ClN2O4S/c1-2-24(21-12-11-19-7-3-4-8-20(19)17-21)30-28(32)27-18-31(25-9-5-6-10-26(25)35-27)36(33,34)23-15-13-22(29)14-16-23/h5-6,9-17,24,27H,2-4,7-8,18H2,1H3,(H,30,32)/t24-,27-/m1/s1. The Labute approximate surface area is 217 Å². The van der Waals surface area contributed by atoms with Crippen LogP contribution in [0.3, 0.4) is 0 Å². The van der Waals surface area contributed by atoms with Crippen LogP contribution >= 0.6 is 11.6 Å². The van der Waals surface area contributed by atoms with Crippen molar-refractivity contribution in [2.75, 3.05) is 10.8 Å². The second kappa shape index (κ2) is 10.1. The summed E-state index contributed by atoms with van der Waals surface area (Å²) in [5, 5.41) is 3.55. The highest BCUT2D eigenvalue weighted by atomic mass is 35.5. The molecule has 0 bridgehead atoms. The summed E-state index contributed by atoms with van der Waals surface area (Å²) in [6.07, 6.45) is 4.29. The van der Waals surface area contributed by atoms with Gasteiger partial charge < -0.3 is 10.1 Å². The van der Waals surface area contributed by atoms with E-state index >= 15 is 0 Å². The van der Waals surface area contributed by atoms with Crippen molar-refractivity contribution < 1.29 is 17.9 Å². The number of para-hydroxylation sites is 2. The van der Waals surface area contributed by atoms with Crippen molar-refractivity contribution in [1.82, 2.24) is 5.32 Å². The van der Waals surface area contributed by atoms with Crippen molar-refractivity contribution in [3.8, 4) is 5.75 Å². The summed E-state index contributed by atoms with van der Waals surface area (Å²) in [6.45, 7) is 1.90. The van der Waals surface area contributed by atoms with Gasteiger partial charge in [-0.15, -0.1) is 0 Å². The number of aryl methyl sites for hydroxylation is 2. The van der Waals surface area contributed by atoms with Crippen LogP contribution in [0.15, 0.2) is 71.6 Å². The highest BCUT2D eigenvalue weighted by Crippen LogP contribution is 2.37. The Morgan fingerprint density at radius 2 is 1.78 bits per heavy atom. The first-order valence-electron chi connectivity index (χ1n) is 12.3. The van der Waals surface area contributed by atoms with E-state index in [1.54, 1.807) is 24.3 Å². The van der Waals surface area contributed by atoms with Gasteiger partial charge in [0, 0.05) is 5.02 Å². The van der Waals surface area contributed by atoms with Gasteiger partial charge >= 0.3 is 0 Å². The van der Waals surface area contributed by atoms with Crippen molar-refractivity contribution in [1.29, 1.82) is 0 Å². The molecule has 2 atom stereocenters. The van der Waals surface area contributed by atoms with Gasteiger partial charge in [-0.1, -0.05) is 48.9 Å². The largest absolute Gasteiger partial charge is 0.476 e. The minimum absolute atomic E-state index is 0.100. The molecule has 1 amide bonds. The molecule has 1 N–H and O–H groups in total. The van der Waals surface area contributed by atoms with Crippen molar-refractivity contribution in [2.24, 2.45) is 0 Å². The number of carbonyl (C=O) groups is 1. The van der Waals surface area contributed by atoms with E-state index in [0.29, 0.717) is 22.9 Å². The Morgan fingerprint density at radius 1 is 1.06 bits per heavy atom. The van der Waals surface area contributed by atoms with Crippen molar-refractivity contribution in [2.45, 2.75) is 56.1 Å². The number of nitrogens with one attached hydrogen (secondary N) is 1. The molecule has 0 saturated heterocycles. The van der Waals surface area contributed by atoms with Gasteiger partial charge in [-0.25, -0.2) is 8.42 Å². The molecule has 0 saturated carbocycles. The zero-order valence-corrected chi connectivity index (χ0v) is 21.7. The summed E-state index contributed by atoms with van der Waals surface area (Å²) < 4.78 is 34.4. The topological polar surface area (TPSA) is 75.7 Å². The number of ether oxygens (including phenoxy) is 1. The maximum Gasteiger partial charge on any atom is 0.264 e. The van der Waals surface area contributed by atoms with E-state index in [4.69, 9.17) is 16.3 Å². The van der Waals surface area contributed by atoms with Crippen LogP contribution in [0.1, 0.15) is 48.9 Å². The summed E-state index contributed by atoms with van der Waals surface area (Å²) in [4.78, 5) is 13.5. The van der Waals surface area contributed by atoms with E-state index in [1.807, 2.05) is 6.92 Å². The van der Waals surface area contributed by atoms with Crippen molar-refractivity contribution >= 4 is 33.2 Å². The van der Waals surface area contributed by atoms with Gasteiger partial charge in [0.2, 0.25) is 0 Å². The number of nitrogens with zero attached hydrogens (tertiary/aromatic N) is 1. The van der Waals surface area contributed by atoms with Crippen LogP contribution in [0.2, 0.25) is 5.02 Å². The Hall–Kier alpha value is -3.03. The lowest BCUT2D eigenvalue weighted by Gasteiger charge is -2.35. The molecule has 36 heavy (non-hydrogen) atoms. The number of hydrogen-bond donors (Lipinski definition) is 1. The molecule has 2 aliphatic rings. The number of halogens is 1. The quantitative estimate of drug-likeness (QED) is 0.465. The predicted molar refractivity (Wildman–Crippen MR) is 141 cm³/mol. The van der Waals surface area contributed by atoms with Gasteiger partial charge in [0.15, 0.2) is 6.10 Å². The van der Waals surface area contributed by atoms with Gasteiger partial charge in [-0.05, 0) is 85.2 Å². The molecule has 1 aliphatic heterocycles. The summed E-state index contributed by atoms with van der Waals surface area (Å²) in [7, 11) is -3.94. The zero-order valence-electron chi connectivity index (χ0n) is 20.1. The van der Waals surface area contributed by atoms with Crippen LogP contribution in [-0.4, -0.2) is 27.0 Å². The molecule has 1 aliphatic carbocycles. The molecule has 1 heterocycles. The highest BCUT2D eigenvalue weighted by Gasteiger charge is 2.38. The molecule has 0 radical (unpaired) electrons. The Balaban J connectivity index is 1.40. The molecule has 188 valence electrons. The van der Waals surface area contributed by atoms with Crippen LogP contribution in [0.4, 0.5) is 5.69 Å². The third-order valence-corrected chi connectivity index (χ3v) is 8.97. The monoisotopic (exact) mass is 524 g/mol. The van der Waals surface area contributed by atoms with Crippen LogP contribution in [0, 0.1) is 0 Å². The fraction of sp³-hybridized carbons (Fsp3) is 0.321. The first kappa shape index (κ1) is 24.7. The van der Waals surface area contributed by atoms with Gasteiger partial charge in [0.05, 0.1) is 23.2 Å². The maximum atomic E-state index is 13.6. The van der Waals surface area contributed by atoms with Crippen LogP contribution in [0.25, 0.3) is 0 Å². The van der Waals surface area contributed by atoms with Crippen molar-refractivity contribution in [3.63, 3.8) is 0 Å². The van der Waals surface area contributed by atoms with E-state index in [2.05, 4.69) is 23.5 Å². The number of anilines is 1. The molecule has 3 aromatic rings. The fourth-order valence-corrected chi connectivity index (χ4v) is 6.56. The average Bonchev–Trinajstić information content (AvgIpc) is 2.90. The van der Waals surface area contributed by atoms with Crippen LogP contribution in [0.5, 0.6) is 5.75 Å². The van der Waals surface area contributed by atoms with E-state index < -0.39 is 16.1 Å². The zero-order chi connectivity index (χ0) is 25.3. The van der Waals surface area contributed by atoms with Gasteiger partial charge in [-0.3, -0.25) is 9.10 Å². The normalized spacial score (nSPS) is 17.9. The molecule has 6 nitrogen and oxygen atoms in total. The molecule has 8 heteroatoms. The SMILES string of the molecule is CC[C@@H](NC(=O)[C@H]1CN(S(=O)(=O)c2ccc(Cl)cc2)c2ccccc2O1)c1ccc2c(c1)CCCC2. The smallest absolute Gasteiger partial charge is 0.264 e. The van der Waals surface area contributed by atoms with Gasteiger partial charge in [0.25, 0.3) is 15.9 Å². The summed E-state index contributed by atoms with van der Waals surface area (Å²) in [6, 6.07) is 19.2. The summed E-state index contributed by atoms with van der Waals surface area (Å²) in [5.41, 5.74) is 4.21. The lowest BCUT2D eigenvalue weighted by molar-refractivity contribution is -0.128. The Bertz CT molecular complexity index is 1370. The summed E-state index contributed by atoms with van der Waals surface area (Å²) in [5.74, 6) is 0.00801. The third kappa shape index (κ3) is 4.82. The van der Waals surface area contributed by atoms with E-state index in [1.165, 1.54) is 52.5 Å². The summed E-state index contributed by atoms with van der Waals surface area (Å²) >= 11 is 5.96. The number of hydrogen-bond acceptors (Lipinski definition) is 4.